The summed E-state index contributed by atoms with van der Waals surface area (Å²) in [7, 11) is 0. The van der Waals surface area contributed by atoms with Crippen molar-refractivity contribution < 1.29 is 28.6 Å². The van der Waals surface area contributed by atoms with E-state index in [-0.39, 0.29) is 31.1 Å². The first-order chi connectivity index (χ1) is 39.5. The average molecular weight is 1110 g/mol. The summed E-state index contributed by atoms with van der Waals surface area (Å²) in [6.45, 7) is 6.53. The van der Waals surface area contributed by atoms with E-state index in [2.05, 4.69) is 142 Å². The molecule has 0 bridgehead atoms. The van der Waals surface area contributed by atoms with Crippen LogP contribution in [0.15, 0.2) is 122 Å². The Morgan fingerprint density at radius 3 is 0.762 bits per heavy atom. The molecule has 456 valence electrons. The number of esters is 3. The molecule has 6 heteroatoms. The van der Waals surface area contributed by atoms with Crippen LogP contribution in [-0.4, -0.2) is 37.2 Å². The van der Waals surface area contributed by atoms with Crippen LogP contribution in [0.1, 0.15) is 310 Å². The fourth-order valence-corrected chi connectivity index (χ4v) is 9.24. The number of hydrogen-bond acceptors (Lipinski definition) is 6. The lowest BCUT2D eigenvalue weighted by Gasteiger charge is -2.18. The van der Waals surface area contributed by atoms with Crippen LogP contribution in [0.3, 0.4) is 0 Å². The van der Waals surface area contributed by atoms with Crippen molar-refractivity contribution in [2.75, 3.05) is 13.2 Å². The molecule has 0 radical (unpaired) electrons. The maximum atomic E-state index is 12.9. The fraction of sp³-hybridized carbons (Fsp3) is 0.689. The Labute approximate surface area is 494 Å². The summed E-state index contributed by atoms with van der Waals surface area (Å²) in [6.07, 6.45) is 93.5. The Kier molecular flexibility index (Phi) is 63.8. The number of hydrogen-bond donors (Lipinski definition) is 0. The van der Waals surface area contributed by atoms with Crippen LogP contribution in [0.2, 0.25) is 0 Å². The van der Waals surface area contributed by atoms with Crippen molar-refractivity contribution in [3.8, 4) is 0 Å². The van der Waals surface area contributed by atoms with Crippen molar-refractivity contribution >= 4 is 17.9 Å². The molecule has 0 rings (SSSR count). The molecule has 1 unspecified atom stereocenters. The van der Waals surface area contributed by atoms with E-state index in [1.807, 2.05) is 0 Å². The predicted molar refractivity (Wildman–Crippen MR) is 348 cm³/mol. The monoisotopic (exact) mass is 1110 g/mol. The number of rotatable bonds is 60. The number of ether oxygens (including phenoxy) is 3. The van der Waals surface area contributed by atoms with Crippen LogP contribution in [0.25, 0.3) is 0 Å². The van der Waals surface area contributed by atoms with Gasteiger partial charge in [0.05, 0.1) is 0 Å². The summed E-state index contributed by atoms with van der Waals surface area (Å²) < 4.78 is 16.9. The Morgan fingerprint density at radius 2 is 0.487 bits per heavy atom. The van der Waals surface area contributed by atoms with Gasteiger partial charge in [-0.15, -0.1) is 0 Å². The SMILES string of the molecule is CC/C=C\C/C=C\C/C=C\C/C=C\C/C=C\C/C=C\C/C=C\C/C=C\C/C=C\C/C=C\CCCCCCC(=O)OCC(COC(=O)CCCCCCCCCCCCCCC)OC(=O)CCCCCCCCCCCCCCCC. The van der Waals surface area contributed by atoms with E-state index in [1.165, 1.54) is 135 Å². The van der Waals surface area contributed by atoms with Crippen LogP contribution in [0, 0.1) is 0 Å². The van der Waals surface area contributed by atoms with Crippen LogP contribution in [0.4, 0.5) is 0 Å². The van der Waals surface area contributed by atoms with Gasteiger partial charge in [-0.25, -0.2) is 0 Å². The van der Waals surface area contributed by atoms with Crippen LogP contribution < -0.4 is 0 Å². The molecule has 0 aliphatic heterocycles. The number of carbonyl (C=O) groups excluding carboxylic acids is 3. The zero-order valence-corrected chi connectivity index (χ0v) is 52.3. The van der Waals surface area contributed by atoms with Gasteiger partial charge in [-0.3, -0.25) is 14.4 Å². The highest BCUT2D eigenvalue weighted by Gasteiger charge is 2.19. The molecule has 0 aromatic rings. The van der Waals surface area contributed by atoms with Gasteiger partial charge in [-0.05, 0) is 96.3 Å². The second-order valence-electron chi connectivity index (χ2n) is 22.0. The molecule has 1 atom stereocenters. The highest BCUT2D eigenvalue weighted by atomic mass is 16.6. The summed E-state index contributed by atoms with van der Waals surface area (Å²) in [5.74, 6) is -0.899. The van der Waals surface area contributed by atoms with Gasteiger partial charge in [0.2, 0.25) is 0 Å². The van der Waals surface area contributed by atoms with Gasteiger partial charge in [0.25, 0.3) is 0 Å². The quantitative estimate of drug-likeness (QED) is 0.0261. The lowest BCUT2D eigenvalue weighted by Crippen LogP contribution is -2.30. The van der Waals surface area contributed by atoms with Crippen LogP contribution in [0.5, 0.6) is 0 Å². The first-order valence-corrected chi connectivity index (χ1v) is 33.5. The van der Waals surface area contributed by atoms with E-state index in [0.29, 0.717) is 19.3 Å². The first kappa shape index (κ1) is 75.8. The molecule has 0 N–H and O–H groups in total. The van der Waals surface area contributed by atoms with Gasteiger partial charge < -0.3 is 14.2 Å². The third-order valence-corrected chi connectivity index (χ3v) is 14.2. The molecule has 0 spiro atoms. The minimum Gasteiger partial charge on any atom is -0.462 e. The smallest absolute Gasteiger partial charge is 0.306 e. The van der Waals surface area contributed by atoms with Gasteiger partial charge >= 0.3 is 17.9 Å². The molecule has 6 nitrogen and oxygen atoms in total. The number of unbranched alkanes of at least 4 members (excludes halogenated alkanes) is 29. The van der Waals surface area contributed by atoms with E-state index in [0.717, 1.165) is 135 Å². The van der Waals surface area contributed by atoms with Crippen LogP contribution >= 0.6 is 0 Å². The first-order valence-electron chi connectivity index (χ1n) is 33.5. The molecule has 0 heterocycles. The van der Waals surface area contributed by atoms with Crippen LogP contribution in [-0.2, 0) is 28.6 Å². The van der Waals surface area contributed by atoms with Crippen molar-refractivity contribution in [2.24, 2.45) is 0 Å². The Balaban J connectivity index is 4.28. The minimum atomic E-state index is -0.787. The van der Waals surface area contributed by atoms with Crippen molar-refractivity contribution in [2.45, 2.75) is 316 Å². The fourth-order valence-electron chi connectivity index (χ4n) is 9.24. The van der Waals surface area contributed by atoms with Gasteiger partial charge in [0.1, 0.15) is 13.2 Å². The molecule has 0 aromatic heterocycles. The van der Waals surface area contributed by atoms with E-state index >= 15 is 0 Å². The molecule has 0 amide bonds. The zero-order chi connectivity index (χ0) is 57.8. The Morgan fingerprint density at radius 1 is 0.263 bits per heavy atom. The minimum absolute atomic E-state index is 0.0828. The Hall–Kier alpha value is -4.19. The lowest BCUT2D eigenvalue weighted by molar-refractivity contribution is -0.167. The van der Waals surface area contributed by atoms with E-state index in [1.54, 1.807) is 0 Å². The predicted octanol–water partition coefficient (Wildman–Crippen LogP) is 23.2. The third-order valence-electron chi connectivity index (χ3n) is 14.2. The number of carbonyl (C=O) groups is 3. The molecule has 0 aliphatic rings. The topological polar surface area (TPSA) is 78.9 Å². The van der Waals surface area contributed by atoms with E-state index in [9.17, 15) is 14.4 Å². The lowest BCUT2D eigenvalue weighted by atomic mass is 10.0. The van der Waals surface area contributed by atoms with Gasteiger partial charge in [0, 0.05) is 19.3 Å². The standard InChI is InChI=1S/C74H124O6/c1-4-7-10-13-16-19-22-25-27-28-29-30-31-32-33-34-35-36-37-38-39-40-41-42-43-44-45-46-47-50-52-55-58-61-64-67-73(76)79-70-71(69-78-72(75)66-63-60-57-54-51-48-24-21-18-15-12-9-6-3)80-74(77)68-65-62-59-56-53-49-26-23-20-17-14-11-8-5-2/h7,10,16,19,25,27,29-30,32-33,35-36,38-39,41-42,44-45,47,50,71H,4-6,8-9,11-15,17-18,20-24,26,28,31,34,37,40,43,46,48-49,51-70H2,1-3H3/b10-7-,19-16-,27-25-,30-29-,33-32-,36-35-,39-38-,42-41-,45-44-,50-47-. The van der Waals surface area contributed by atoms with E-state index < -0.39 is 6.10 Å². The summed E-state index contributed by atoms with van der Waals surface area (Å²) in [4.78, 5) is 38.3. The largest absolute Gasteiger partial charge is 0.462 e. The average Bonchev–Trinajstić information content (AvgIpc) is 3.46. The highest BCUT2D eigenvalue weighted by Crippen LogP contribution is 2.16. The summed E-state index contributed by atoms with van der Waals surface area (Å²) >= 11 is 0. The maximum absolute atomic E-state index is 12.9. The van der Waals surface area contributed by atoms with Crippen molar-refractivity contribution in [1.82, 2.24) is 0 Å². The van der Waals surface area contributed by atoms with Crippen molar-refractivity contribution in [3.63, 3.8) is 0 Å². The van der Waals surface area contributed by atoms with Crippen molar-refractivity contribution in [1.29, 1.82) is 0 Å². The van der Waals surface area contributed by atoms with Gasteiger partial charge in [-0.1, -0.05) is 316 Å². The Bertz CT molecular complexity index is 1650. The number of allylic oxidation sites excluding steroid dienone is 20. The maximum Gasteiger partial charge on any atom is 0.306 e. The summed E-state index contributed by atoms with van der Waals surface area (Å²) in [5.41, 5.74) is 0. The molecule has 0 aromatic carbocycles. The second-order valence-corrected chi connectivity index (χ2v) is 22.0. The molecular weight excluding hydrogens is 985 g/mol. The summed E-state index contributed by atoms with van der Waals surface area (Å²) in [5, 5.41) is 0. The van der Waals surface area contributed by atoms with Gasteiger partial charge in [-0.2, -0.15) is 0 Å². The molecule has 0 saturated heterocycles. The second kappa shape index (κ2) is 67.3. The van der Waals surface area contributed by atoms with E-state index in [4.69, 9.17) is 14.2 Å². The molecule has 0 fully saturated rings. The van der Waals surface area contributed by atoms with Gasteiger partial charge in [0.15, 0.2) is 6.10 Å². The highest BCUT2D eigenvalue weighted by molar-refractivity contribution is 5.71. The summed E-state index contributed by atoms with van der Waals surface area (Å²) in [6, 6.07) is 0. The zero-order valence-electron chi connectivity index (χ0n) is 52.3. The molecule has 0 saturated carbocycles. The molecule has 80 heavy (non-hydrogen) atoms. The molecular formula is C74H124O6. The van der Waals surface area contributed by atoms with Crippen molar-refractivity contribution in [3.05, 3.63) is 122 Å². The normalized spacial score (nSPS) is 12.9. The third kappa shape index (κ3) is 64.6. The molecule has 0 aliphatic carbocycles.